The van der Waals surface area contributed by atoms with Crippen molar-refractivity contribution in [2.75, 3.05) is 13.2 Å². The van der Waals surface area contributed by atoms with Gasteiger partial charge in [0.25, 0.3) is 0 Å². The van der Waals surface area contributed by atoms with E-state index in [1.165, 1.54) is 5.54 Å². The van der Waals surface area contributed by atoms with E-state index in [0.29, 0.717) is 16.1 Å². The van der Waals surface area contributed by atoms with Crippen LogP contribution in [0.15, 0.2) is 60.7 Å². The van der Waals surface area contributed by atoms with Gasteiger partial charge in [-0.1, -0.05) is 60.7 Å². The van der Waals surface area contributed by atoms with Gasteiger partial charge in [0.2, 0.25) is 7.51 Å². The summed E-state index contributed by atoms with van der Waals surface area (Å²) in [5, 5.41) is 10.3. The van der Waals surface area contributed by atoms with E-state index in [1.54, 1.807) is 48.5 Å². The molecule has 0 spiro atoms. The van der Waals surface area contributed by atoms with Crippen LogP contribution in [0.5, 0.6) is 0 Å². The Morgan fingerprint density at radius 1 is 0.769 bits per heavy atom. The lowest BCUT2D eigenvalue weighted by atomic mass is 10.4. The smallest absolute Gasteiger partial charge is 0.241 e. The predicted octanol–water partition coefficient (Wildman–Crippen LogP) is 4.95. The largest absolute Gasteiger partial charge is 0.396 e. The molecule has 1 aliphatic heterocycles. The predicted molar refractivity (Wildman–Crippen MR) is 112 cm³/mol. The molecular formula is C18H20F3O2P3. The Bertz CT molecular complexity index is 878. The fourth-order valence-corrected chi connectivity index (χ4v) is 15.5. The molecule has 8 heteroatoms. The van der Waals surface area contributed by atoms with Crippen LogP contribution < -0.4 is 10.6 Å². The number of hydrogen-bond acceptors (Lipinski definition) is 2. The molecule has 1 unspecified atom stereocenters. The van der Waals surface area contributed by atoms with E-state index < -0.39 is 21.8 Å². The molecule has 0 aromatic heterocycles. The van der Waals surface area contributed by atoms with E-state index in [9.17, 15) is 8.39 Å². The topological polar surface area (TPSA) is 29.5 Å². The van der Waals surface area contributed by atoms with E-state index in [-0.39, 0.29) is 19.6 Å². The van der Waals surface area contributed by atoms with Crippen LogP contribution in [0.2, 0.25) is 0 Å². The molecule has 0 saturated heterocycles. The minimum absolute atomic E-state index is 0.0860. The Kier molecular flexibility index (Phi) is 6.07. The average Bonchev–Trinajstić information content (AvgIpc) is 2.61. The summed E-state index contributed by atoms with van der Waals surface area (Å²) in [6, 6.07) is 17.8. The molecule has 1 atom stereocenters. The van der Waals surface area contributed by atoms with Crippen LogP contribution in [0.1, 0.15) is 6.42 Å². The summed E-state index contributed by atoms with van der Waals surface area (Å²) in [4.78, 5) is 0. The van der Waals surface area contributed by atoms with Gasteiger partial charge in [0.05, 0.1) is 12.1 Å². The lowest BCUT2D eigenvalue weighted by molar-refractivity contribution is 0.240. The van der Waals surface area contributed by atoms with E-state index in [2.05, 4.69) is 0 Å². The first-order chi connectivity index (χ1) is 12.4. The van der Waals surface area contributed by atoms with Gasteiger partial charge in [-0.2, -0.15) is 12.6 Å². The summed E-state index contributed by atoms with van der Waals surface area (Å²) in [5.41, 5.74) is 3.03. The van der Waals surface area contributed by atoms with Crippen molar-refractivity contribution in [2.45, 2.75) is 6.42 Å². The molecule has 0 aliphatic carbocycles. The molecule has 1 heterocycles. The summed E-state index contributed by atoms with van der Waals surface area (Å²) in [6.07, 6.45) is 0.212. The van der Waals surface area contributed by atoms with Crippen LogP contribution in [0, 0.1) is 0 Å². The number of aliphatic hydroxyl groups is 1. The third-order valence-corrected chi connectivity index (χ3v) is 14.7. The summed E-state index contributed by atoms with van der Waals surface area (Å²) in [7, 11) is -8.71. The van der Waals surface area contributed by atoms with Crippen molar-refractivity contribution in [1.29, 1.82) is 0 Å². The van der Waals surface area contributed by atoms with E-state index in [4.69, 9.17) is 9.63 Å². The van der Waals surface area contributed by atoms with Crippen molar-refractivity contribution in [2.24, 2.45) is 0 Å². The first-order valence-electron chi connectivity index (χ1n) is 8.11. The van der Waals surface area contributed by atoms with Gasteiger partial charge in [-0.3, -0.25) is 0 Å². The maximum Gasteiger partial charge on any atom is 0.241 e. The summed E-state index contributed by atoms with van der Waals surface area (Å²) < 4.78 is 50.3. The molecule has 1 aliphatic rings. The SMILES string of the molecule is OCCCOP1(F)=CP(c2ccccc2)(c2ccccc2)=CP(F)(F)=C1. The Hall–Kier alpha value is -0.950. The highest BCUT2D eigenvalue weighted by Gasteiger charge is 2.36. The van der Waals surface area contributed by atoms with E-state index in [0.717, 1.165) is 5.54 Å². The van der Waals surface area contributed by atoms with Gasteiger partial charge in [-0.15, -0.1) is 0 Å². The highest BCUT2D eigenvalue weighted by atomic mass is 31.3. The number of hydrogen-bond donors (Lipinski definition) is 1. The molecule has 3 rings (SSSR count). The number of benzene rings is 2. The minimum atomic E-state index is -4.70. The standard InChI is InChI=1S/C18H20F3O2P3/c19-25(20)14-24(17-8-3-1-4-9-17,18-10-5-2-6-11-18)15-26(21,16-25)23-13-7-12-22/h1-6,8-11,14-16,22H,7,12-13H2. The number of aliphatic hydroxyl groups excluding tert-OH is 1. The lowest BCUT2D eigenvalue weighted by Crippen LogP contribution is -2.20. The maximum atomic E-state index is 15.5. The van der Waals surface area contributed by atoms with Gasteiger partial charge in [0.1, 0.15) is 0 Å². The molecular weight excluding hydrogens is 398 g/mol. The molecule has 140 valence electrons. The number of halogens is 3. The van der Waals surface area contributed by atoms with Crippen LogP contribution >= 0.6 is 21.8 Å². The van der Waals surface area contributed by atoms with E-state index in [1.807, 2.05) is 12.1 Å². The highest BCUT2D eigenvalue weighted by Crippen LogP contribution is 2.70. The van der Waals surface area contributed by atoms with Crippen LogP contribution in [-0.2, 0) is 4.52 Å². The first-order valence-corrected chi connectivity index (χ1v) is 13.5. The summed E-state index contributed by atoms with van der Waals surface area (Å²) in [6.45, 7) is -3.14. The second kappa shape index (κ2) is 7.97. The molecule has 0 bridgehead atoms. The molecule has 0 fully saturated rings. The zero-order valence-corrected chi connectivity index (χ0v) is 16.6. The monoisotopic (exact) mass is 418 g/mol. The van der Waals surface area contributed by atoms with Gasteiger partial charge in [-0.05, 0) is 23.9 Å². The summed E-state index contributed by atoms with van der Waals surface area (Å²) >= 11 is 0. The fraction of sp³-hybridized carbons (Fsp3) is 0.167. The zero-order chi connectivity index (χ0) is 18.7. The first kappa shape index (κ1) is 19.8. The molecule has 2 aromatic carbocycles. The van der Waals surface area contributed by atoms with Crippen LogP contribution in [0.3, 0.4) is 0 Å². The van der Waals surface area contributed by atoms with Crippen LogP contribution in [-0.4, -0.2) is 34.9 Å². The van der Waals surface area contributed by atoms with Crippen molar-refractivity contribution in [3.63, 3.8) is 0 Å². The quantitative estimate of drug-likeness (QED) is 0.532. The second-order valence-electron chi connectivity index (χ2n) is 5.93. The normalized spacial score (nSPS) is 23.4. The minimum Gasteiger partial charge on any atom is -0.396 e. The zero-order valence-electron chi connectivity index (χ0n) is 14.0. The van der Waals surface area contributed by atoms with Crippen molar-refractivity contribution < 1.29 is 22.2 Å². The molecule has 0 amide bonds. The third kappa shape index (κ3) is 4.30. The van der Waals surface area contributed by atoms with Crippen molar-refractivity contribution in [1.82, 2.24) is 0 Å². The van der Waals surface area contributed by atoms with Crippen molar-refractivity contribution >= 4 is 49.0 Å². The fourth-order valence-electron chi connectivity index (χ4n) is 2.89. The lowest BCUT2D eigenvalue weighted by Gasteiger charge is -2.31. The molecule has 2 nitrogen and oxygen atoms in total. The van der Waals surface area contributed by atoms with Crippen LogP contribution in [0.25, 0.3) is 0 Å². The van der Waals surface area contributed by atoms with Crippen molar-refractivity contribution in [3.05, 3.63) is 60.7 Å². The van der Waals surface area contributed by atoms with Gasteiger partial charge < -0.3 is 9.63 Å². The molecule has 1 N–H and O–H groups in total. The van der Waals surface area contributed by atoms with Gasteiger partial charge in [0.15, 0.2) is 7.42 Å². The van der Waals surface area contributed by atoms with E-state index >= 15 is 4.20 Å². The second-order valence-corrected chi connectivity index (χ2v) is 14.0. The molecule has 2 aromatic rings. The van der Waals surface area contributed by atoms with Gasteiger partial charge >= 0.3 is 0 Å². The molecule has 26 heavy (non-hydrogen) atoms. The highest BCUT2D eigenvalue weighted by molar-refractivity contribution is 8.22. The Balaban J connectivity index is 2.29. The number of rotatable bonds is 6. The average molecular weight is 418 g/mol. The van der Waals surface area contributed by atoms with Gasteiger partial charge in [-0.25, -0.2) is 0 Å². The Morgan fingerprint density at radius 2 is 1.31 bits per heavy atom. The summed E-state index contributed by atoms with van der Waals surface area (Å²) in [5.74, 6) is 0. The Labute approximate surface area is 152 Å². The van der Waals surface area contributed by atoms with Gasteiger partial charge in [0, 0.05) is 17.7 Å². The Morgan fingerprint density at radius 3 is 1.81 bits per heavy atom. The third-order valence-electron chi connectivity index (χ3n) is 3.95. The van der Waals surface area contributed by atoms with Crippen molar-refractivity contribution in [3.8, 4) is 0 Å². The molecule has 0 radical (unpaired) electrons. The maximum absolute atomic E-state index is 15.5. The molecule has 0 saturated carbocycles. The van der Waals surface area contributed by atoms with Crippen LogP contribution in [0.4, 0.5) is 12.6 Å².